The van der Waals surface area contributed by atoms with Crippen molar-refractivity contribution in [2.24, 2.45) is 17.8 Å². The third kappa shape index (κ3) is 3.21. The van der Waals surface area contributed by atoms with Gasteiger partial charge in [-0.15, -0.1) is 11.8 Å². The normalized spacial score (nSPS) is 28.4. The molecule has 0 spiro atoms. The third-order valence-electron chi connectivity index (χ3n) is 7.14. The van der Waals surface area contributed by atoms with Crippen LogP contribution in [-0.2, 0) is 11.3 Å². The van der Waals surface area contributed by atoms with E-state index in [1.165, 1.54) is 30.6 Å². The van der Waals surface area contributed by atoms with Gasteiger partial charge in [-0.3, -0.25) is 14.2 Å². The zero-order chi connectivity index (χ0) is 21.1. The quantitative estimate of drug-likeness (QED) is 0.598. The Hall–Kier alpha value is -2.25. The van der Waals surface area contributed by atoms with Crippen molar-refractivity contribution in [2.45, 2.75) is 48.9 Å². The molecule has 1 amide bonds. The summed E-state index contributed by atoms with van der Waals surface area (Å²) in [5.41, 5.74) is 1.85. The first-order valence-electron chi connectivity index (χ1n) is 10.9. The minimum absolute atomic E-state index is 0.0436. The number of thioether (sulfide) groups is 1. The molecule has 3 heterocycles. The zero-order valence-corrected chi connectivity index (χ0v) is 18.9. The number of rotatable bonds is 4. The van der Waals surface area contributed by atoms with Gasteiger partial charge in [-0.2, -0.15) is 0 Å². The Labute approximate surface area is 188 Å². The Kier molecular flexibility index (Phi) is 4.65. The standard InChI is InChI=1S/C24H24N2O3S2/c1-13-4-2-5-16(10-13)25-18(27)12-26-23-22(31-24(26)28)20(17-6-3-9-29-17)19-14-7-8-15(11-14)21(19)30-23/h2-6,9-10,14-15,19-21H,7-8,11-12H2,1H3,(H,25,27)/t14-,15-,19-,20-,21+/m0/s1. The molecule has 5 atom stereocenters. The highest BCUT2D eigenvalue weighted by Crippen LogP contribution is 2.64. The first kappa shape index (κ1) is 19.4. The van der Waals surface area contributed by atoms with Crippen LogP contribution in [0.2, 0.25) is 0 Å². The van der Waals surface area contributed by atoms with Crippen molar-refractivity contribution in [3.8, 4) is 0 Å². The van der Waals surface area contributed by atoms with Crippen molar-refractivity contribution in [2.75, 3.05) is 5.32 Å². The number of nitrogens with one attached hydrogen (secondary N) is 1. The molecule has 3 aromatic rings. The highest BCUT2D eigenvalue weighted by Gasteiger charge is 2.55. The average molecular weight is 453 g/mol. The summed E-state index contributed by atoms with van der Waals surface area (Å²) in [5, 5.41) is 4.42. The van der Waals surface area contributed by atoms with Crippen molar-refractivity contribution in [3.05, 3.63) is 68.5 Å². The van der Waals surface area contributed by atoms with Gasteiger partial charge >= 0.3 is 4.87 Å². The predicted molar refractivity (Wildman–Crippen MR) is 123 cm³/mol. The number of hydrogen-bond donors (Lipinski definition) is 1. The van der Waals surface area contributed by atoms with E-state index in [4.69, 9.17) is 4.42 Å². The maximum absolute atomic E-state index is 13.0. The number of amides is 1. The summed E-state index contributed by atoms with van der Waals surface area (Å²) >= 11 is 3.14. The molecule has 0 unspecified atom stereocenters. The van der Waals surface area contributed by atoms with Crippen molar-refractivity contribution >= 4 is 34.7 Å². The zero-order valence-electron chi connectivity index (χ0n) is 17.2. The lowest BCUT2D eigenvalue weighted by molar-refractivity contribution is -0.116. The second-order valence-electron chi connectivity index (χ2n) is 9.03. The maximum atomic E-state index is 13.0. The highest BCUT2D eigenvalue weighted by molar-refractivity contribution is 8.00. The number of thiazole rings is 1. The molecule has 2 aliphatic carbocycles. The van der Waals surface area contributed by atoms with Crippen LogP contribution in [0.25, 0.3) is 0 Å². The minimum atomic E-state index is -0.168. The first-order chi connectivity index (χ1) is 15.1. The van der Waals surface area contributed by atoms with Gasteiger partial charge in [0.15, 0.2) is 0 Å². The summed E-state index contributed by atoms with van der Waals surface area (Å²) in [6.45, 7) is 2.04. The topological polar surface area (TPSA) is 64.2 Å². The van der Waals surface area contributed by atoms with Gasteiger partial charge in [-0.05, 0) is 73.8 Å². The van der Waals surface area contributed by atoms with Crippen LogP contribution in [0.4, 0.5) is 5.69 Å². The predicted octanol–water partition coefficient (Wildman–Crippen LogP) is 5.10. The van der Waals surface area contributed by atoms with Gasteiger partial charge < -0.3 is 9.73 Å². The van der Waals surface area contributed by atoms with Crippen LogP contribution >= 0.6 is 23.1 Å². The van der Waals surface area contributed by atoms with Crippen LogP contribution in [0.15, 0.2) is 56.9 Å². The van der Waals surface area contributed by atoms with E-state index in [9.17, 15) is 9.59 Å². The SMILES string of the molecule is Cc1cccc(NC(=O)Cn2c3c(sc2=O)[C@@H](c2ccco2)[C@@H]2[C@H]4CC[C@@H](C4)[C@H]2S3)c1. The molecule has 0 radical (unpaired) electrons. The van der Waals surface area contributed by atoms with Crippen molar-refractivity contribution in [1.82, 2.24) is 4.57 Å². The van der Waals surface area contributed by atoms with E-state index in [0.29, 0.717) is 23.0 Å². The van der Waals surface area contributed by atoms with Gasteiger partial charge in [-0.25, -0.2) is 0 Å². The Morgan fingerprint density at radius 3 is 2.90 bits per heavy atom. The summed E-state index contributed by atoms with van der Waals surface area (Å²) in [6, 6.07) is 11.7. The summed E-state index contributed by atoms with van der Waals surface area (Å²) in [4.78, 5) is 26.9. The minimum Gasteiger partial charge on any atom is -0.469 e. The maximum Gasteiger partial charge on any atom is 0.308 e. The molecule has 31 heavy (non-hydrogen) atoms. The molecule has 3 aliphatic rings. The smallest absolute Gasteiger partial charge is 0.308 e. The van der Waals surface area contributed by atoms with E-state index in [1.807, 2.05) is 55.1 Å². The van der Waals surface area contributed by atoms with Crippen LogP contribution < -0.4 is 10.2 Å². The summed E-state index contributed by atoms with van der Waals surface area (Å²) in [7, 11) is 0. The lowest BCUT2D eigenvalue weighted by Gasteiger charge is -2.39. The van der Waals surface area contributed by atoms with Crippen molar-refractivity contribution in [1.29, 1.82) is 0 Å². The fourth-order valence-corrected chi connectivity index (χ4v) is 9.07. The van der Waals surface area contributed by atoms with Crippen LogP contribution in [0.1, 0.15) is 41.4 Å². The average Bonchev–Trinajstić information content (AvgIpc) is 3.52. The van der Waals surface area contributed by atoms with Gasteiger partial charge in [-0.1, -0.05) is 23.5 Å². The monoisotopic (exact) mass is 452 g/mol. The molecule has 0 saturated heterocycles. The van der Waals surface area contributed by atoms with E-state index in [0.717, 1.165) is 26.9 Å². The number of aromatic nitrogens is 1. The molecule has 2 saturated carbocycles. The third-order valence-corrected chi connectivity index (χ3v) is 9.97. The lowest BCUT2D eigenvalue weighted by Crippen LogP contribution is -2.34. The summed E-state index contributed by atoms with van der Waals surface area (Å²) in [5.74, 6) is 2.86. The largest absolute Gasteiger partial charge is 0.469 e. The molecule has 6 rings (SSSR count). The van der Waals surface area contributed by atoms with Crippen LogP contribution in [0.3, 0.4) is 0 Å². The molecule has 2 aromatic heterocycles. The van der Waals surface area contributed by atoms with E-state index in [1.54, 1.807) is 10.8 Å². The van der Waals surface area contributed by atoms with E-state index < -0.39 is 0 Å². The number of hydrogen-bond acceptors (Lipinski definition) is 5. The number of carbonyl (C=O) groups is 1. The van der Waals surface area contributed by atoms with Crippen molar-refractivity contribution < 1.29 is 9.21 Å². The molecular formula is C24H24N2O3S2. The van der Waals surface area contributed by atoms with Gasteiger partial charge in [0, 0.05) is 10.9 Å². The molecule has 1 N–H and O–H groups in total. The van der Waals surface area contributed by atoms with E-state index in [2.05, 4.69) is 5.32 Å². The number of nitrogens with zero attached hydrogens (tertiary/aromatic N) is 1. The van der Waals surface area contributed by atoms with Gasteiger partial charge in [0.25, 0.3) is 0 Å². The molecule has 1 aromatic carbocycles. The summed E-state index contributed by atoms with van der Waals surface area (Å²) in [6.07, 6.45) is 5.58. The molecule has 160 valence electrons. The fourth-order valence-electron chi connectivity index (χ4n) is 5.94. The Morgan fingerprint density at radius 1 is 1.23 bits per heavy atom. The molecule has 7 heteroatoms. The Balaban J connectivity index is 1.35. The molecule has 5 nitrogen and oxygen atoms in total. The Bertz CT molecular complexity index is 1200. The fraction of sp³-hybridized carbons (Fsp3) is 0.417. The van der Waals surface area contributed by atoms with E-state index in [-0.39, 0.29) is 23.2 Å². The molecular weight excluding hydrogens is 428 g/mol. The molecule has 1 aliphatic heterocycles. The number of carbonyl (C=O) groups excluding carboxylic acids is 1. The molecule has 2 bridgehead atoms. The highest BCUT2D eigenvalue weighted by atomic mass is 32.2. The van der Waals surface area contributed by atoms with Crippen molar-refractivity contribution in [3.63, 3.8) is 0 Å². The van der Waals surface area contributed by atoms with Gasteiger partial charge in [0.2, 0.25) is 5.91 Å². The number of benzene rings is 1. The molecule has 2 fully saturated rings. The van der Waals surface area contributed by atoms with Gasteiger partial charge in [0.1, 0.15) is 12.3 Å². The second-order valence-corrected chi connectivity index (χ2v) is 11.2. The van der Waals surface area contributed by atoms with Crippen LogP contribution in [0, 0.1) is 24.7 Å². The number of furan rings is 1. The summed E-state index contributed by atoms with van der Waals surface area (Å²) < 4.78 is 7.56. The number of anilines is 1. The first-order valence-corrected chi connectivity index (χ1v) is 12.6. The Morgan fingerprint density at radius 2 is 2.10 bits per heavy atom. The van der Waals surface area contributed by atoms with E-state index >= 15 is 0 Å². The van der Waals surface area contributed by atoms with Gasteiger partial charge in [0.05, 0.1) is 22.1 Å². The lowest BCUT2D eigenvalue weighted by atomic mass is 9.77. The van der Waals surface area contributed by atoms with Crippen LogP contribution in [0.5, 0.6) is 0 Å². The number of fused-ring (bicyclic) bond motifs is 6. The van der Waals surface area contributed by atoms with Crippen LogP contribution in [-0.4, -0.2) is 15.7 Å². The number of aryl methyl sites for hydroxylation is 1. The second kappa shape index (κ2) is 7.41.